The second kappa shape index (κ2) is 7.93. The molecule has 1 aromatic carbocycles. The normalized spacial score (nSPS) is 15.4. The Bertz CT molecular complexity index is 652. The van der Waals surface area contributed by atoms with Crippen LogP contribution < -0.4 is 10.2 Å². The Morgan fingerprint density at radius 2 is 1.88 bits per heavy atom. The summed E-state index contributed by atoms with van der Waals surface area (Å²) in [6.07, 6.45) is 4.76. The summed E-state index contributed by atoms with van der Waals surface area (Å²) in [4.78, 5) is 18.3. The summed E-state index contributed by atoms with van der Waals surface area (Å²) in [6.45, 7) is 2.64. The van der Waals surface area contributed by atoms with E-state index in [0.717, 1.165) is 30.0 Å². The third-order valence-corrected chi connectivity index (χ3v) is 4.37. The molecule has 0 aliphatic carbocycles. The van der Waals surface area contributed by atoms with E-state index in [2.05, 4.69) is 15.2 Å². The molecular weight excluding hydrogens is 302 g/mol. The summed E-state index contributed by atoms with van der Waals surface area (Å²) in [5, 5.41) is 12.5. The lowest BCUT2D eigenvalue weighted by Gasteiger charge is -2.17. The standard InChI is InChI=1S/C19H23N3O2/c23-19(24)17(12-15-6-2-1-3-7-15)20-13-16-8-9-18(21-14-16)22-10-4-5-11-22/h1-3,6-9,14,17,20H,4-5,10-13H2,(H,23,24)/t17-/m0/s1. The van der Waals surface area contributed by atoms with E-state index < -0.39 is 12.0 Å². The molecule has 5 heteroatoms. The number of hydrogen-bond acceptors (Lipinski definition) is 4. The van der Waals surface area contributed by atoms with Crippen LogP contribution in [0.4, 0.5) is 5.82 Å². The highest BCUT2D eigenvalue weighted by molar-refractivity contribution is 5.73. The number of benzene rings is 1. The van der Waals surface area contributed by atoms with Crippen molar-refractivity contribution in [3.8, 4) is 0 Å². The first-order valence-corrected chi connectivity index (χ1v) is 8.42. The maximum absolute atomic E-state index is 11.5. The van der Waals surface area contributed by atoms with Crippen molar-refractivity contribution in [2.45, 2.75) is 31.8 Å². The zero-order valence-electron chi connectivity index (χ0n) is 13.7. The topological polar surface area (TPSA) is 65.5 Å². The molecule has 126 valence electrons. The molecule has 2 aromatic rings. The van der Waals surface area contributed by atoms with Crippen LogP contribution in [0.1, 0.15) is 24.0 Å². The highest BCUT2D eigenvalue weighted by Crippen LogP contribution is 2.17. The van der Waals surface area contributed by atoms with Crippen molar-refractivity contribution in [3.63, 3.8) is 0 Å². The summed E-state index contributed by atoms with van der Waals surface area (Å²) in [5.41, 5.74) is 2.01. The zero-order valence-corrected chi connectivity index (χ0v) is 13.7. The molecule has 5 nitrogen and oxygen atoms in total. The van der Waals surface area contributed by atoms with Crippen LogP contribution >= 0.6 is 0 Å². The molecule has 0 spiro atoms. The number of carbonyl (C=O) groups is 1. The van der Waals surface area contributed by atoms with E-state index >= 15 is 0 Å². The Labute approximate surface area is 142 Å². The van der Waals surface area contributed by atoms with Crippen molar-refractivity contribution in [1.29, 1.82) is 0 Å². The van der Waals surface area contributed by atoms with Crippen molar-refractivity contribution >= 4 is 11.8 Å². The fourth-order valence-electron chi connectivity index (χ4n) is 2.99. The van der Waals surface area contributed by atoms with Crippen molar-refractivity contribution in [2.75, 3.05) is 18.0 Å². The number of hydrogen-bond donors (Lipinski definition) is 2. The molecule has 3 rings (SSSR count). The Balaban J connectivity index is 1.57. The summed E-state index contributed by atoms with van der Waals surface area (Å²) in [6, 6.07) is 13.1. The first-order chi connectivity index (χ1) is 11.7. The van der Waals surface area contributed by atoms with Gasteiger partial charge >= 0.3 is 5.97 Å². The van der Waals surface area contributed by atoms with Gasteiger partial charge in [-0.15, -0.1) is 0 Å². The van der Waals surface area contributed by atoms with Crippen molar-refractivity contribution in [2.24, 2.45) is 0 Å². The van der Waals surface area contributed by atoms with Gasteiger partial charge in [0.2, 0.25) is 0 Å². The Morgan fingerprint density at radius 1 is 1.12 bits per heavy atom. The van der Waals surface area contributed by atoms with Gasteiger partial charge in [0.05, 0.1) is 0 Å². The minimum Gasteiger partial charge on any atom is -0.480 e. The number of aliphatic carboxylic acids is 1. The van der Waals surface area contributed by atoms with Gasteiger partial charge in [-0.05, 0) is 36.5 Å². The fraction of sp³-hybridized carbons (Fsp3) is 0.368. The van der Waals surface area contributed by atoms with E-state index in [4.69, 9.17) is 0 Å². The first kappa shape index (κ1) is 16.5. The lowest BCUT2D eigenvalue weighted by molar-refractivity contribution is -0.139. The lowest BCUT2D eigenvalue weighted by Crippen LogP contribution is -2.38. The van der Waals surface area contributed by atoms with Crippen LogP contribution in [-0.4, -0.2) is 35.2 Å². The number of carboxylic acids is 1. The van der Waals surface area contributed by atoms with Crippen molar-refractivity contribution < 1.29 is 9.90 Å². The van der Waals surface area contributed by atoms with E-state index in [0.29, 0.717) is 13.0 Å². The number of nitrogens with zero attached hydrogens (tertiary/aromatic N) is 2. The molecule has 0 bridgehead atoms. The molecule has 0 amide bonds. The van der Waals surface area contributed by atoms with E-state index in [1.807, 2.05) is 48.7 Å². The van der Waals surface area contributed by atoms with Crippen LogP contribution in [0.3, 0.4) is 0 Å². The average Bonchev–Trinajstić information content (AvgIpc) is 3.14. The van der Waals surface area contributed by atoms with Crippen LogP contribution in [0.25, 0.3) is 0 Å². The largest absolute Gasteiger partial charge is 0.480 e. The predicted octanol–water partition coefficient (Wildman–Crippen LogP) is 2.47. The van der Waals surface area contributed by atoms with Gasteiger partial charge < -0.3 is 10.0 Å². The molecule has 1 atom stereocenters. The SMILES string of the molecule is O=C(O)[C@H](Cc1ccccc1)NCc1ccc(N2CCCC2)nc1. The van der Waals surface area contributed by atoms with Crippen molar-refractivity contribution in [1.82, 2.24) is 10.3 Å². The summed E-state index contributed by atoms with van der Waals surface area (Å²) in [7, 11) is 0. The van der Waals surface area contributed by atoms with Gasteiger partial charge in [-0.25, -0.2) is 4.98 Å². The lowest BCUT2D eigenvalue weighted by atomic mass is 10.1. The van der Waals surface area contributed by atoms with Gasteiger partial charge in [0.15, 0.2) is 0 Å². The van der Waals surface area contributed by atoms with Crippen LogP contribution in [0, 0.1) is 0 Å². The van der Waals surface area contributed by atoms with Gasteiger partial charge in [0, 0.05) is 25.8 Å². The van der Waals surface area contributed by atoms with E-state index in [1.54, 1.807) is 0 Å². The second-order valence-electron chi connectivity index (χ2n) is 6.18. The number of pyridine rings is 1. The zero-order chi connectivity index (χ0) is 16.8. The molecule has 1 saturated heterocycles. The Morgan fingerprint density at radius 3 is 2.50 bits per heavy atom. The predicted molar refractivity (Wildman–Crippen MR) is 94.1 cm³/mol. The highest BCUT2D eigenvalue weighted by atomic mass is 16.4. The van der Waals surface area contributed by atoms with Crippen LogP contribution in [0.5, 0.6) is 0 Å². The number of carboxylic acid groups (broad SMARTS) is 1. The molecule has 1 aliphatic rings. The third-order valence-electron chi connectivity index (χ3n) is 4.37. The van der Waals surface area contributed by atoms with Gasteiger partial charge in [-0.3, -0.25) is 10.1 Å². The Hall–Kier alpha value is -2.40. The van der Waals surface area contributed by atoms with E-state index in [-0.39, 0.29) is 0 Å². The average molecular weight is 325 g/mol. The molecule has 1 fully saturated rings. The summed E-state index contributed by atoms with van der Waals surface area (Å²) in [5.74, 6) is 0.177. The number of anilines is 1. The number of aromatic nitrogens is 1. The first-order valence-electron chi connectivity index (χ1n) is 8.42. The monoisotopic (exact) mass is 325 g/mol. The molecule has 1 aliphatic heterocycles. The quantitative estimate of drug-likeness (QED) is 0.819. The second-order valence-corrected chi connectivity index (χ2v) is 6.18. The third kappa shape index (κ3) is 4.32. The molecule has 1 aromatic heterocycles. The van der Waals surface area contributed by atoms with Crippen LogP contribution in [0.15, 0.2) is 48.7 Å². The highest BCUT2D eigenvalue weighted by Gasteiger charge is 2.17. The molecule has 24 heavy (non-hydrogen) atoms. The summed E-state index contributed by atoms with van der Waals surface area (Å²) >= 11 is 0. The van der Waals surface area contributed by atoms with Crippen LogP contribution in [-0.2, 0) is 17.8 Å². The van der Waals surface area contributed by atoms with Gasteiger partial charge in [0.1, 0.15) is 11.9 Å². The van der Waals surface area contributed by atoms with Crippen molar-refractivity contribution in [3.05, 3.63) is 59.8 Å². The van der Waals surface area contributed by atoms with Gasteiger partial charge in [-0.2, -0.15) is 0 Å². The molecule has 2 heterocycles. The minimum absolute atomic E-state index is 0.468. The molecule has 2 N–H and O–H groups in total. The molecule has 0 radical (unpaired) electrons. The smallest absolute Gasteiger partial charge is 0.321 e. The number of rotatable bonds is 7. The maximum Gasteiger partial charge on any atom is 0.321 e. The van der Waals surface area contributed by atoms with E-state index in [9.17, 15) is 9.90 Å². The maximum atomic E-state index is 11.5. The molecule has 0 unspecified atom stereocenters. The Kier molecular flexibility index (Phi) is 5.43. The minimum atomic E-state index is -0.833. The van der Waals surface area contributed by atoms with Crippen LogP contribution in [0.2, 0.25) is 0 Å². The van der Waals surface area contributed by atoms with E-state index in [1.165, 1.54) is 12.8 Å². The molecule has 0 saturated carbocycles. The van der Waals surface area contributed by atoms with Gasteiger partial charge in [0.25, 0.3) is 0 Å². The summed E-state index contributed by atoms with van der Waals surface area (Å²) < 4.78 is 0. The fourth-order valence-corrected chi connectivity index (χ4v) is 2.99. The molecular formula is C19H23N3O2. The van der Waals surface area contributed by atoms with Gasteiger partial charge in [-0.1, -0.05) is 36.4 Å². The number of nitrogens with one attached hydrogen (secondary N) is 1.